The Morgan fingerprint density at radius 2 is 2.14 bits per heavy atom. The van der Waals surface area contributed by atoms with E-state index in [0.29, 0.717) is 0 Å². The Bertz CT molecular complexity index is 262. The van der Waals surface area contributed by atoms with Crippen LogP contribution in [-0.2, 0) is 11.3 Å². The number of hydrogen-bond acceptors (Lipinski definition) is 1. The van der Waals surface area contributed by atoms with Crippen LogP contribution in [0.1, 0.15) is 32.3 Å². The average Bonchev–Trinajstić information content (AvgIpc) is 2.47. The highest BCUT2D eigenvalue weighted by Crippen LogP contribution is 2.00. The second-order valence-electron chi connectivity index (χ2n) is 3.30. The molecule has 1 N–H and O–H groups in total. The van der Waals surface area contributed by atoms with Crippen LogP contribution in [0.2, 0.25) is 0 Å². The molecule has 0 aliphatic rings. The fourth-order valence-electron chi connectivity index (χ4n) is 1.04. The van der Waals surface area contributed by atoms with E-state index in [1.165, 1.54) is 24.9 Å². The van der Waals surface area contributed by atoms with Gasteiger partial charge >= 0.3 is 0 Å². The van der Waals surface area contributed by atoms with Gasteiger partial charge in [0.2, 0.25) is 0 Å². The molecule has 3 nitrogen and oxygen atoms in total. The predicted octanol–water partition coefficient (Wildman–Crippen LogP) is 2.69. The zero-order chi connectivity index (χ0) is 11.0. The molecule has 0 bridgehead atoms. The molecule has 3 heteroatoms. The molecule has 0 aliphatic carbocycles. The number of aromatic nitrogens is 1. The molecule has 0 fully saturated rings. The van der Waals surface area contributed by atoms with Gasteiger partial charge in [-0.1, -0.05) is 13.3 Å². The Morgan fingerprint density at radius 1 is 1.57 bits per heavy atom. The second-order valence-corrected chi connectivity index (χ2v) is 3.30. The molecule has 0 unspecified atom stereocenters. The topological polar surface area (TPSA) is 42.2 Å². The third-order valence-corrected chi connectivity index (χ3v) is 1.67. The SMILES string of the molecule is CC(=O)O.CCCCn1ccc(C)c1. The third-order valence-electron chi connectivity index (χ3n) is 1.67. The number of aryl methyl sites for hydroxylation is 2. The normalized spacial score (nSPS) is 9.07. The summed E-state index contributed by atoms with van der Waals surface area (Å²) in [6.07, 6.45) is 6.89. The van der Waals surface area contributed by atoms with Gasteiger partial charge in [0.1, 0.15) is 0 Å². The number of carboxylic acids is 1. The van der Waals surface area contributed by atoms with Crippen LogP contribution in [0.4, 0.5) is 0 Å². The van der Waals surface area contributed by atoms with Crippen molar-refractivity contribution in [3.05, 3.63) is 24.0 Å². The van der Waals surface area contributed by atoms with Gasteiger partial charge in [-0.3, -0.25) is 4.79 Å². The highest BCUT2D eigenvalue weighted by Gasteiger charge is 1.89. The van der Waals surface area contributed by atoms with Crippen molar-refractivity contribution in [2.45, 2.75) is 40.2 Å². The number of hydrogen-bond donors (Lipinski definition) is 1. The fraction of sp³-hybridized carbons (Fsp3) is 0.545. The number of rotatable bonds is 3. The first-order valence-corrected chi connectivity index (χ1v) is 4.88. The molecule has 0 saturated carbocycles. The monoisotopic (exact) mass is 197 g/mol. The van der Waals surface area contributed by atoms with Crippen LogP contribution in [0.3, 0.4) is 0 Å². The highest BCUT2D eigenvalue weighted by atomic mass is 16.4. The molecular formula is C11H19NO2. The summed E-state index contributed by atoms with van der Waals surface area (Å²) in [5.74, 6) is -0.833. The maximum absolute atomic E-state index is 9.00. The first kappa shape index (κ1) is 12.8. The number of carbonyl (C=O) groups is 1. The lowest BCUT2D eigenvalue weighted by molar-refractivity contribution is -0.134. The molecule has 14 heavy (non-hydrogen) atoms. The summed E-state index contributed by atoms with van der Waals surface area (Å²) in [6.45, 7) is 6.60. The molecule has 0 radical (unpaired) electrons. The van der Waals surface area contributed by atoms with Crippen molar-refractivity contribution in [2.24, 2.45) is 0 Å². The Balaban J connectivity index is 0.000000364. The average molecular weight is 197 g/mol. The van der Waals surface area contributed by atoms with E-state index >= 15 is 0 Å². The lowest BCUT2D eigenvalue weighted by atomic mass is 10.3. The largest absolute Gasteiger partial charge is 0.481 e. The Morgan fingerprint density at radius 3 is 2.50 bits per heavy atom. The molecule has 1 aromatic heterocycles. The zero-order valence-electron chi connectivity index (χ0n) is 9.16. The maximum atomic E-state index is 9.00. The second kappa shape index (κ2) is 7.18. The molecule has 0 aromatic carbocycles. The van der Waals surface area contributed by atoms with E-state index < -0.39 is 5.97 Å². The quantitative estimate of drug-likeness (QED) is 0.809. The van der Waals surface area contributed by atoms with Crippen molar-refractivity contribution < 1.29 is 9.90 Å². The lowest BCUT2D eigenvalue weighted by Gasteiger charge is -1.98. The first-order chi connectivity index (χ1) is 6.56. The van der Waals surface area contributed by atoms with Gasteiger partial charge in [0.05, 0.1) is 0 Å². The van der Waals surface area contributed by atoms with Crippen molar-refractivity contribution in [3.63, 3.8) is 0 Å². The van der Waals surface area contributed by atoms with E-state index in [1.807, 2.05) is 0 Å². The van der Waals surface area contributed by atoms with Crippen LogP contribution < -0.4 is 0 Å². The minimum atomic E-state index is -0.833. The summed E-state index contributed by atoms with van der Waals surface area (Å²) in [4.78, 5) is 9.00. The van der Waals surface area contributed by atoms with Crippen molar-refractivity contribution >= 4 is 5.97 Å². The number of nitrogens with zero attached hydrogens (tertiary/aromatic N) is 1. The van der Waals surface area contributed by atoms with Crippen LogP contribution in [-0.4, -0.2) is 15.6 Å². The molecule has 0 aliphatic heterocycles. The van der Waals surface area contributed by atoms with E-state index in [0.717, 1.165) is 6.92 Å². The molecule has 1 aromatic rings. The summed E-state index contributed by atoms with van der Waals surface area (Å²) in [7, 11) is 0. The minimum Gasteiger partial charge on any atom is -0.481 e. The smallest absolute Gasteiger partial charge is 0.300 e. The molecular weight excluding hydrogens is 178 g/mol. The van der Waals surface area contributed by atoms with E-state index in [-0.39, 0.29) is 0 Å². The van der Waals surface area contributed by atoms with E-state index in [2.05, 4.69) is 36.9 Å². The number of carboxylic acid groups (broad SMARTS) is 1. The van der Waals surface area contributed by atoms with Gasteiger partial charge in [0, 0.05) is 25.9 Å². The molecule has 0 atom stereocenters. The minimum absolute atomic E-state index is 0.833. The lowest BCUT2D eigenvalue weighted by Crippen LogP contribution is -1.92. The van der Waals surface area contributed by atoms with Crippen LogP contribution in [0, 0.1) is 6.92 Å². The van der Waals surface area contributed by atoms with Gasteiger partial charge in [0.25, 0.3) is 5.97 Å². The van der Waals surface area contributed by atoms with Gasteiger partial charge < -0.3 is 9.67 Å². The van der Waals surface area contributed by atoms with Crippen molar-refractivity contribution in [2.75, 3.05) is 0 Å². The fourth-order valence-corrected chi connectivity index (χ4v) is 1.04. The van der Waals surface area contributed by atoms with Crippen LogP contribution in [0.25, 0.3) is 0 Å². The summed E-state index contributed by atoms with van der Waals surface area (Å²) < 4.78 is 2.25. The van der Waals surface area contributed by atoms with Crippen LogP contribution >= 0.6 is 0 Å². The summed E-state index contributed by atoms with van der Waals surface area (Å²) in [6, 6.07) is 2.15. The van der Waals surface area contributed by atoms with E-state index in [9.17, 15) is 0 Å². The van der Waals surface area contributed by atoms with Crippen molar-refractivity contribution in [1.82, 2.24) is 4.57 Å². The Kier molecular flexibility index (Phi) is 6.54. The summed E-state index contributed by atoms with van der Waals surface area (Å²) in [5, 5.41) is 7.42. The highest BCUT2D eigenvalue weighted by molar-refractivity contribution is 5.62. The molecule has 1 rings (SSSR count). The van der Waals surface area contributed by atoms with Gasteiger partial charge in [0.15, 0.2) is 0 Å². The van der Waals surface area contributed by atoms with Gasteiger partial charge in [-0.2, -0.15) is 0 Å². The third kappa shape index (κ3) is 7.40. The summed E-state index contributed by atoms with van der Waals surface area (Å²) >= 11 is 0. The van der Waals surface area contributed by atoms with E-state index in [4.69, 9.17) is 9.90 Å². The zero-order valence-corrected chi connectivity index (χ0v) is 9.16. The molecule has 0 saturated heterocycles. The molecule has 80 valence electrons. The van der Waals surface area contributed by atoms with E-state index in [1.54, 1.807) is 0 Å². The maximum Gasteiger partial charge on any atom is 0.300 e. The summed E-state index contributed by atoms with van der Waals surface area (Å²) in [5.41, 5.74) is 1.36. The molecule has 0 amide bonds. The van der Waals surface area contributed by atoms with Crippen molar-refractivity contribution in [1.29, 1.82) is 0 Å². The van der Waals surface area contributed by atoms with Gasteiger partial charge in [-0.25, -0.2) is 0 Å². The molecule has 0 spiro atoms. The van der Waals surface area contributed by atoms with Crippen LogP contribution in [0.15, 0.2) is 18.5 Å². The predicted molar refractivity (Wildman–Crippen MR) is 57.4 cm³/mol. The van der Waals surface area contributed by atoms with Gasteiger partial charge in [-0.15, -0.1) is 0 Å². The molecule has 1 heterocycles. The van der Waals surface area contributed by atoms with Crippen LogP contribution in [0.5, 0.6) is 0 Å². The Hall–Kier alpha value is -1.25. The van der Waals surface area contributed by atoms with Crippen molar-refractivity contribution in [3.8, 4) is 0 Å². The standard InChI is InChI=1S/C9H15N.C2H4O2/c1-3-4-6-10-7-5-9(2)8-10;1-2(3)4/h5,7-8H,3-4,6H2,1-2H3;1H3,(H,3,4). The number of unbranched alkanes of at least 4 members (excludes halogenated alkanes) is 1. The Labute approximate surface area is 85.4 Å². The first-order valence-electron chi connectivity index (χ1n) is 4.88. The van der Waals surface area contributed by atoms with Gasteiger partial charge in [-0.05, 0) is 25.0 Å². The number of aliphatic carboxylic acids is 1.